The van der Waals surface area contributed by atoms with Gasteiger partial charge in [0.25, 0.3) is 5.91 Å². The number of pyridine rings is 1. The molecule has 5 heteroatoms. The second-order valence-electron chi connectivity index (χ2n) is 4.64. The van der Waals surface area contributed by atoms with E-state index >= 15 is 0 Å². The van der Waals surface area contributed by atoms with Crippen LogP contribution >= 0.6 is 31.9 Å². The highest BCUT2D eigenvalue weighted by molar-refractivity contribution is 9.10. The van der Waals surface area contributed by atoms with Crippen molar-refractivity contribution in [3.63, 3.8) is 0 Å². The standard InChI is InChI=1S/C13H16Br2N2O/c14-7-9-3-1-2-4-11(9)17-13(18)12-6-5-10(15)8-16-12/h5-6,8-9,11H,1-4,7H2,(H,17,18). The monoisotopic (exact) mass is 374 g/mol. The zero-order valence-electron chi connectivity index (χ0n) is 10.0. The van der Waals surface area contributed by atoms with E-state index in [4.69, 9.17) is 0 Å². The molecule has 2 rings (SSSR count). The van der Waals surface area contributed by atoms with Crippen LogP contribution < -0.4 is 5.32 Å². The van der Waals surface area contributed by atoms with Gasteiger partial charge in [-0.25, -0.2) is 4.98 Å². The summed E-state index contributed by atoms with van der Waals surface area (Å²) in [6, 6.07) is 3.85. The van der Waals surface area contributed by atoms with Crippen LogP contribution in [-0.4, -0.2) is 22.3 Å². The third-order valence-electron chi connectivity index (χ3n) is 3.38. The zero-order valence-corrected chi connectivity index (χ0v) is 13.2. The molecule has 0 spiro atoms. The van der Waals surface area contributed by atoms with Crippen molar-refractivity contribution in [3.05, 3.63) is 28.5 Å². The summed E-state index contributed by atoms with van der Waals surface area (Å²) in [4.78, 5) is 16.2. The second-order valence-corrected chi connectivity index (χ2v) is 6.20. The Kier molecular flexibility index (Phi) is 5.18. The lowest BCUT2D eigenvalue weighted by molar-refractivity contribution is 0.0906. The Labute approximate surface area is 124 Å². The summed E-state index contributed by atoms with van der Waals surface area (Å²) in [5.41, 5.74) is 0.483. The molecule has 2 unspecified atom stereocenters. The summed E-state index contributed by atoms with van der Waals surface area (Å²) < 4.78 is 0.884. The molecule has 2 atom stereocenters. The molecular formula is C13H16Br2N2O. The van der Waals surface area contributed by atoms with Gasteiger partial charge < -0.3 is 5.32 Å². The fourth-order valence-corrected chi connectivity index (χ4v) is 3.34. The zero-order chi connectivity index (χ0) is 13.0. The van der Waals surface area contributed by atoms with Gasteiger partial charge in [-0.15, -0.1) is 0 Å². The third kappa shape index (κ3) is 3.54. The quantitative estimate of drug-likeness (QED) is 0.821. The molecule has 18 heavy (non-hydrogen) atoms. The molecule has 0 saturated heterocycles. The van der Waals surface area contributed by atoms with Crippen molar-refractivity contribution in [2.45, 2.75) is 31.7 Å². The first-order chi connectivity index (χ1) is 8.70. The van der Waals surface area contributed by atoms with E-state index < -0.39 is 0 Å². The minimum absolute atomic E-state index is 0.0691. The van der Waals surface area contributed by atoms with E-state index in [9.17, 15) is 4.79 Å². The van der Waals surface area contributed by atoms with E-state index in [1.54, 1.807) is 12.3 Å². The molecule has 1 saturated carbocycles. The Balaban J connectivity index is 1.99. The van der Waals surface area contributed by atoms with Crippen molar-refractivity contribution in [2.75, 3.05) is 5.33 Å². The van der Waals surface area contributed by atoms with Crippen LogP contribution in [0.3, 0.4) is 0 Å². The van der Waals surface area contributed by atoms with Crippen molar-refractivity contribution in [2.24, 2.45) is 5.92 Å². The molecule has 0 aliphatic heterocycles. The number of amides is 1. The molecule has 1 fully saturated rings. The normalized spacial score (nSPS) is 23.7. The predicted octanol–water partition coefficient (Wildman–Crippen LogP) is 3.53. The number of alkyl halides is 1. The van der Waals surface area contributed by atoms with Gasteiger partial charge in [-0.1, -0.05) is 28.8 Å². The molecule has 0 aromatic carbocycles. The second kappa shape index (κ2) is 6.66. The van der Waals surface area contributed by atoms with Crippen molar-refractivity contribution in [1.82, 2.24) is 10.3 Å². The van der Waals surface area contributed by atoms with Crippen LogP contribution in [0.5, 0.6) is 0 Å². The van der Waals surface area contributed by atoms with E-state index in [1.807, 2.05) is 6.07 Å². The lowest BCUT2D eigenvalue weighted by atomic mass is 9.86. The number of halogens is 2. The summed E-state index contributed by atoms with van der Waals surface area (Å²) in [6.45, 7) is 0. The molecule has 1 aliphatic carbocycles. The first-order valence-electron chi connectivity index (χ1n) is 6.19. The number of aromatic nitrogens is 1. The Morgan fingerprint density at radius 1 is 1.39 bits per heavy atom. The van der Waals surface area contributed by atoms with Gasteiger partial charge in [0.15, 0.2) is 0 Å². The van der Waals surface area contributed by atoms with E-state index in [0.29, 0.717) is 11.6 Å². The van der Waals surface area contributed by atoms with Crippen LogP contribution in [0.25, 0.3) is 0 Å². The van der Waals surface area contributed by atoms with Crippen molar-refractivity contribution < 1.29 is 4.79 Å². The molecule has 3 nitrogen and oxygen atoms in total. The van der Waals surface area contributed by atoms with E-state index in [-0.39, 0.29) is 11.9 Å². The Morgan fingerprint density at radius 3 is 2.83 bits per heavy atom. The first kappa shape index (κ1) is 14.0. The molecule has 1 heterocycles. The van der Waals surface area contributed by atoms with Crippen LogP contribution in [0.1, 0.15) is 36.2 Å². The highest BCUT2D eigenvalue weighted by Gasteiger charge is 2.26. The van der Waals surface area contributed by atoms with Crippen molar-refractivity contribution in [3.8, 4) is 0 Å². The Bertz CT molecular complexity index is 408. The molecule has 1 aromatic rings. The average molecular weight is 376 g/mol. The molecule has 0 bridgehead atoms. The smallest absolute Gasteiger partial charge is 0.270 e. The maximum atomic E-state index is 12.1. The minimum Gasteiger partial charge on any atom is -0.348 e. The van der Waals surface area contributed by atoms with Gasteiger partial charge in [-0.3, -0.25) is 4.79 Å². The number of carbonyl (C=O) groups excluding carboxylic acids is 1. The van der Waals surface area contributed by atoms with Crippen molar-refractivity contribution >= 4 is 37.8 Å². The summed E-state index contributed by atoms with van der Waals surface area (Å²) in [7, 11) is 0. The highest BCUT2D eigenvalue weighted by atomic mass is 79.9. The summed E-state index contributed by atoms with van der Waals surface area (Å²) in [6.07, 6.45) is 6.36. The fourth-order valence-electron chi connectivity index (χ4n) is 2.33. The van der Waals surface area contributed by atoms with Crippen LogP contribution in [0.15, 0.2) is 22.8 Å². The molecular weight excluding hydrogens is 360 g/mol. The number of nitrogens with zero attached hydrogens (tertiary/aromatic N) is 1. The summed E-state index contributed by atoms with van der Waals surface area (Å²) in [5, 5.41) is 4.06. The van der Waals surface area contributed by atoms with Crippen LogP contribution in [0.4, 0.5) is 0 Å². The van der Waals surface area contributed by atoms with Crippen LogP contribution in [0.2, 0.25) is 0 Å². The van der Waals surface area contributed by atoms with Gasteiger partial charge in [0, 0.05) is 22.0 Å². The molecule has 1 N–H and O–H groups in total. The number of rotatable bonds is 3. The minimum atomic E-state index is -0.0691. The average Bonchev–Trinajstić information content (AvgIpc) is 2.40. The van der Waals surface area contributed by atoms with Crippen molar-refractivity contribution in [1.29, 1.82) is 0 Å². The van der Waals surface area contributed by atoms with E-state index in [0.717, 1.165) is 16.2 Å². The largest absolute Gasteiger partial charge is 0.348 e. The number of carbonyl (C=O) groups is 1. The predicted molar refractivity (Wildman–Crippen MR) is 78.9 cm³/mol. The molecule has 1 aromatic heterocycles. The topological polar surface area (TPSA) is 42.0 Å². The molecule has 98 valence electrons. The van der Waals surface area contributed by atoms with Gasteiger partial charge in [0.2, 0.25) is 0 Å². The van der Waals surface area contributed by atoms with Gasteiger partial charge in [0.1, 0.15) is 5.69 Å². The maximum absolute atomic E-state index is 12.1. The summed E-state index contributed by atoms with van der Waals surface area (Å²) in [5.74, 6) is 0.471. The van der Waals surface area contributed by atoms with Gasteiger partial charge in [0.05, 0.1) is 0 Å². The number of hydrogen-bond donors (Lipinski definition) is 1. The lowest BCUT2D eigenvalue weighted by Crippen LogP contribution is -2.43. The third-order valence-corrected chi connectivity index (χ3v) is 4.68. The Hall–Kier alpha value is -0.420. The molecule has 0 radical (unpaired) electrons. The first-order valence-corrected chi connectivity index (χ1v) is 8.10. The fraction of sp³-hybridized carbons (Fsp3) is 0.538. The SMILES string of the molecule is O=C(NC1CCCCC1CBr)c1ccc(Br)cn1. The van der Waals surface area contributed by atoms with Gasteiger partial charge in [-0.05, 0) is 46.8 Å². The van der Waals surface area contributed by atoms with Gasteiger partial charge in [-0.2, -0.15) is 0 Å². The van der Waals surface area contributed by atoms with Crippen LogP contribution in [0, 0.1) is 5.92 Å². The van der Waals surface area contributed by atoms with Gasteiger partial charge >= 0.3 is 0 Å². The van der Waals surface area contributed by atoms with E-state index in [1.165, 1.54) is 19.3 Å². The highest BCUT2D eigenvalue weighted by Crippen LogP contribution is 2.26. The van der Waals surface area contributed by atoms with Crippen LogP contribution in [-0.2, 0) is 0 Å². The maximum Gasteiger partial charge on any atom is 0.270 e. The summed E-state index contributed by atoms with van der Waals surface area (Å²) >= 11 is 6.85. The molecule has 1 aliphatic rings. The Morgan fingerprint density at radius 2 is 2.17 bits per heavy atom. The molecule has 1 amide bonds. The number of hydrogen-bond acceptors (Lipinski definition) is 2. The number of nitrogens with one attached hydrogen (secondary N) is 1. The lowest BCUT2D eigenvalue weighted by Gasteiger charge is -2.30. The van der Waals surface area contributed by atoms with E-state index in [2.05, 4.69) is 42.2 Å².